The molecule has 0 fully saturated rings. The predicted molar refractivity (Wildman–Crippen MR) is 42.6 cm³/mol. The zero-order valence-corrected chi connectivity index (χ0v) is 6.21. The number of ether oxygens (including phenoxy) is 1. The van der Waals surface area contributed by atoms with Gasteiger partial charge in [-0.1, -0.05) is 23.8 Å². The molecule has 54 valence electrons. The summed E-state index contributed by atoms with van der Waals surface area (Å²) in [5.41, 5.74) is 1.36. The lowest BCUT2D eigenvalue weighted by Gasteiger charge is -1.98. The maximum atomic E-state index is 5.15. The third kappa shape index (κ3) is 2.53. The van der Waals surface area contributed by atoms with Gasteiger partial charge in [-0.15, -0.1) is 0 Å². The lowest BCUT2D eigenvalue weighted by molar-refractivity contribution is 0.254. The highest BCUT2D eigenvalue weighted by Crippen LogP contribution is 2.02. The predicted octanol–water partition coefficient (Wildman–Crippen LogP) is 2.42. The van der Waals surface area contributed by atoms with Crippen LogP contribution in [0, 0.1) is 0 Å². The minimum Gasteiger partial charge on any atom is -0.501 e. The van der Waals surface area contributed by atoms with E-state index in [9.17, 15) is 0 Å². The Morgan fingerprint density at radius 1 is 1.30 bits per heavy atom. The molecule has 1 aliphatic heterocycles. The SMILES string of the molecule is C\C1=C/C=C\C=C\OCC1. The van der Waals surface area contributed by atoms with Crippen molar-refractivity contribution in [3.8, 4) is 0 Å². The van der Waals surface area contributed by atoms with Crippen LogP contribution in [0.3, 0.4) is 0 Å². The molecule has 0 saturated heterocycles. The summed E-state index contributed by atoms with van der Waals surface area (Å²) in [5.74, 6) is 0. The van der Waals surface area contributed by atoms with Crippen molar-refractivity contribution < 1.29 is 4.74 Å². The van der Waals surface area contributed by atoms with E-state index in [-0.39, 0.29) is 0 Å². The second kappa shape index (κ2) is 3.94. The third-order valence-corrected chi connectivity index (χ3v) is 1.39. The Kier molecular flexibility index (Phi) is 2.81. The second-order valence-electron chi connectivity index (χ2n) is 2.35. The van der Waals surface area contributed by atoms with Crippen molar-refractivity contribution in [2.24, 2.45) is 0 Å². The molecule has 0 aromatic heterocycles. The van der Waals surface area contributed by atoms with Crippen LogP contribution in [-0.2, 0) is 4.74 Å². The lowest BCUT2D eigenvalue weighted by atomic mass is 10.2. The van der Waals surface area contributed by atoms with Gasteiger partial charge < -0.3 is 4.74 Å². The summed E-state index contributed by atoms with van der Waals surface area (Å²) < 4.78 is 5.15. The van der Waals surface area contributed by atoms with Crippen LogP contribution in [0.25, 0.3) is 0 Å². The van der Waals surface area contributed by atoms with Gasteiger partial charge in [0.2, 0.25) is 0 Å². The molecule has 0 spiro atoms. The summed E-state index contributed by atoms with van der Waals surface area (Å²) in [6.45, 7) is 2.90. The highest BCUT2D eigenvalue weighted by atomic mass is 16.5. The topological polar surface area (TPSA) is 9.23 Å². The Labute approximate surface area is 61.7 Å². The van der Waals surface area contributed by atoms with E-state index in [1.807, 2.05) is 18.2 Å². The van der Waals surface area contributed by atoms with Crippen LogP contribution in [0.1, 0.15) is 13.3 Å². The average molecular weight is 136 g/mol. The van der Waals surface area contributed by atoms with Crippen molar-refractivity contribution in [3.63, 3.8) is 0 Å². The first-order chi connectivity index (χ1) is 4.89. The highest BCUT2D eigenvalue weighted by Gasteiger charge is 1.88. The number of hydrogen-bond donors (Lipinski definition) is 0. The van der Waals surface area contributed by atoms with E-state index in [1.165, 1.54) is 5.57 Å². The van der Waals surface area contributed by atoms with Gasteiger partial charge in [-0.05, 0) is 13.0 Å². The van der Waals surface area contributed by atoms with E-state index in [4.69, 9.17) is 4.74 Å². The molecule has 1 nitrogen and oxygen atoms in total. The third-order valence-electron chi connectivity index (χ3n) is 1.39. The molecular weight excluding hydrogens is 124 g/mol. The first kappa shape index (κ1) is 7.13. The zero-order valence-electron chi connectivity index (χ0n) is 6.21. The number of rotatable bonds is 0. The lowest BCUT2D eigenvalue weighted by Crippen LogP contribution is -1.87. The normalized spacial score (nSPS) is 29.9. The monoisotopic (exact) mass is 136 g/mol. The molecule has 0 bridgehead atoms. The van der Waals surface area contributed by atoms with E-state index in [0.717, 1.165) is 13.0 Å². The fraction of sp³-hybridized carbons (Fsp3) is 0.333. The van der Waals surface area contributed by atoms with Crippen molar-refractivity contribution in [1.29, 1.82) is 0 Å². The molecule has 0 N–H and O–H groups in total. The Bertz CT molecular complexity index is 175. The molecule has 1 heteroatoms. The van der Waals surface area contributed by atoms with E-state index in [0.29, 0.717) is 0 Å². The van der Waals surface area contributed by atoms with Crippen molar-refractivity contribution in [1.82, 2.24) is 0 Å². The second-order valence-corrected chi connectivity index (χ2v) is 2.35. The molecule has 1 aliphatic rings. The standard InChI is InChI=1S/C9H12O/c1-9-5-3-2-4-7-10-8-6-9/h2-5,7H,6,8H2,1H3/b3-2-,7-4+,9-5+. The van der Waals surface area contributed by atoms with E-state index in [2.05, 4.69) is 13.0 Å². The van der Waals surface area contributed by atoms with Gasteiger partial charge in [0.25, 0.3) is 0 Å². The molecule has 1 heterocycles. The summed E-state index contributed by atoms with van der Waals surface area (Å²) in [6.07, 6.45) is 10.8. The first-order valence-corrected chi connectivity index (χ1v) is 3.50. The van der Waals surface area contributed by atoms with Crippen molar-refractivity contribution in [2.45, 2.75) is 13.3 Å². The Hall–Kier alpha value is -0.980. The van der Waals surface area contributed by atoms with Crippen LogP contribution in [0.4, 0.5) is 0 Å². The fourth-order valence-electron chi connectivity index (χ4n) is 0.756. The van der Waals surface area contributed by atoms with Gasteiger partial charge in [0.05, 0.1) is 12.9 Å². The van der Waals surface area contributed by atoms with Crippen LogP contribution in [0.15, 0.2) is 36.1 Å². The van der Waals surface area contributed by atoms with Crippen LogP contribution >= 0.6 is 0 Å². The van der Waals surface area contributed by atoms with Crippen molar-refractivity contribution in [2.75, 3.05) is 6.61 Å². The van der Waals surface area contributed by atoms with Gasteiger partial charge in [0.1, 0.15) is 0 Å². The molecule has 1 rings (SSSR count). The minimum atomic E-state index is 0.792. The van der Waals surface area contributed by atoms with Crippen LogP contribution < -0.4 is 0 Å². The molecule has 0 unspecified atom stereocenters. The fourth-order valence-corrected chi connectivity index (χ4v) is 0.756. The Balaban J connectivity index is 2.57. The van der Waals surface area contributed by atoms with Gasteiger partial charge in [-0.2, -0.15) is 0 Å². The molecule has 0 aliphatic carbocycles. The molecule has 10 heavy (non-hydrogen) atoms. The molecule has 0 atom stereocenters. The maximum Gasteiger partial charge on any atom is 0.0910 e. The molecule has 0 radical (unpaired) electrons. The van der Waals surface area contributed by atoms with Crippen LogP contribution in [-0.4, -0.2) is 6.61 Å². The molecule has 0 amide bonds. The van der Waals surface area contributed by atoms with E-state index < -0.39 is 0 Å². The molecular formula is C9H12O. The van der Waals surface area contributed by atoms with Crippen molar-refractivity contribution >= 4 is 0 Å². The summed E-state index contributed by atoms with van der Waals surface area (Å²) in [6, 6.07) is 0. The van der Waals surface area contributed by atoms with Gasteiger partial charge in [-0.25, -0.2) is 0 Å². The molecule has 0 saturated carbocycles. The summed E-state index contributed by atoms with van der Waals surface area (Å²) in [7, 11) is 0. The minimum absolute atomic E-state index is 0.792. The molecule has 0 aromatic carbocycles. The average Bonchev–Trinajstić information content (AvgIpc) is 2.02. The highest BCUT2D eigenvalue weighted by molar-refractivity contribution is 5.15. The van der Waals surface area contributed by atoms with Gasteiger partial charge in [-0.3, -0.25) is 0 Å². The van der Waals surface area contributed by atoms with Gasteiger partial charge in [0.15, 0.2) is 0 Å². The quantitative estimate of drug-likeness (QED) is 0.497. The Morgan fingerprint density at radius 3 is 3.10 bits per heavy atom. The van der Waals surface area contributed by atoms with Crippen LogP contribution in [0.5, 0.6) is 0 Å². The van der Waals surface area contributed by atoms with E-state index >= 15 is 0 Å². The summed E-state index contributed by atoms with van der Waals surface area (Å²) in [5, 5.41) is 0. The largest absolute Gasteiger partial charge is 0.501 e. The summed E-state index contributed by atoms with van der Waals surface area (Å²) in [4.78, 5) is 0. The van der Waals surface area contributed by atoms with Crippen LogP contribution in [0.2, 0.25) is 0 Å². The summed E-state index contributed by atoms with van der Waals surface area (Å²) >= 11 is 0. The van der Waals surface area contributed by atoms with E-state index in [1.54, 1.807) is 6.26 Å². The molecule has 0 aromatic rings. The zero-order chi connectivity index (χ0) is 7.23. The van der Waals surface area contributed by atoms with Crippen molar-refractivity contribution in [3.05, 3.63) is 36.1 Å². The number of hydrogen-bond acceptors (Lipinski definition) is 1. The van der Waals surface area contributed by atoms with Gasteiger partial charge in [0, 0.05) is 6.42 Å². The Morgan fingerprint density at radius 2 is 2.20 bits per heavy atom. The first-order valence-electron chi connectivity index (χ1n) is 3.50. The van der Waals surface area contributed by atoms with Gasteiger partial charge >= 0.3 is 0 Å². The smallest absolute Gasteiger partial charge is 0.0910 e. The maximum absolute atomic E-state index is 5.15. The number of allylic oxidation sites excluding steroid dienone is 4.